The Morgan fingerprint density at radius 2 is 1.78 bits per heavy atom. The molecule has 1 N–H and O–H groups in total. The van der Waals surface area contributed by atoms with Crippen molar-refractivity contribution in [1.82, 2.24) is 5.32 Å². The summed E-state index contributed by atoms with van der Waals surface area (Å²) >= 11 is 5.69. The number of halogens is 2. The number of aryl methyl sites for hydroxylation is 1. The minimum atomic E-state index is -0.384. The first-order chi connectivity index (χ1) is 8.61. The standard InChI is InChI=1S/C15H15ClFN/c1-10-3-4-11(7-13(10)9-18-2)12-5-6-14(16)15(17)8-12/h3-8,18H,9H2,1-2H3. The van der Waals surface area contributed by atoms with Crippen molar-refractivity contribution in [3.8, 4) is 11.1 Å². The van der Waals surface area contributed by atoms with Crippen molar-refractivity contribution in [2.75, 3.05) is 7.05 Å². The molecule has 0 amide bonds. The van der Waals surface area contributed by atoms with E-state index in [1.54, 1.807) is 6.07 Å². The third kappa shape index (κ3) is 2.71. The molecule has 0 spiro atoms. The molecule has 0 aliphatic rings. The maximum Gasteiger partial charge on any atom is 0.142 e. The molecule has 0 unspecified atom stereocenters. The van der Waals surface area contributed by atoms with Crippen LogP contribution in [-0.2, 0) is 6.54 Å². The highest BCUT2D eigenvalue weighted by atomic mass is 35.5. The van der Waals surface area contributed by atoms with Crippen LogP contribution in [0.2, 0.25) is 5.02 Å². The molecule has 0 saturated heterocycles. The van der Waals surface area contributed by atoms with Gasteiger partial charge in [-0.3, -0.25) is 0 Å². The second kappa shape index (κ2) is 5.51. The van der Waals surface area contributed by atoms with Crippen LogP contribution >= 0.6 is 11.6 Å². The Kier molecular flexibility index (Phi) is 4.00. The van der Waals surface area contributed by atoms with Crippen LogP contribution in [-0.4, -0.2) is 7.05 Å². The third-order valence-electron chi connectivity index (χ3n) is 2.97. The molecule has 0 aliphatic carbocycles. The van der Waals surface area contributed by atoms with Gasteiger partial charge in [0.05, 0.1) is 5.02 Å². The second-order valence-electron chi connectivity index (χ2n) is 4.30. The van der Waals surface area contributed by atoms with Crippen molar-refractivity contribution >= 4 is 11.6 Å². The zero-order valence-electron chi connectivity index (χ0n) is 10.4. The average Bonchev–Trinajstić information content (AvgIpc) is 2.36. The quantitative estimate of drug-likeness (QED) is 0.876. The van der Waals surface area contributed by atoms with E-state index in [2.05, 4.69) is 24.4 Å². The molecule has 0 aromatic heterocycles. The lowest BCUT2D eigenvalue weighted by Gasteiger charge is -2.09. The number of benzene rings is 2. The number of hydrogen-bond donors (Lipinski definition) is 1. The zero-order chi connectivity index (χ0) is 13.1. The highest BCUT2D eigenvalue weighted by Gasteiger charge is 2.05. The molecule has 0 aliphatic heterocycles. The van der Waals surface area contributed by atoms with Crippen molar-refractivity contribution < 1.29 is 4.39 Å². The molecule has 18 heavy (non-hydrogen) atoms. The Morgan fingerprint density at radius 3 is 2.44 bits per heavy atom. The number of nitrogens with one attached hydrogen (secondary N) is 1. The monoisotopic (exact) mass is 263 g/mol. The van der Waals surface area contributed by atoms with Gasteiger partial charge >= 0.3 is 0 Å². The summed E-state index contributed by atoms with van der Waals surface area (Å²) in [7, 11) is 1.91. The first kappa shape index (κ1) is 13.1. The van der Waals surface area contributed by atoms with E-state index in [1.807, 2.05) is 19.2 Å². The normalized spacial score (nSPS) is 10.7. The highest BCUT2D eigenvalue weighted by Crippen LogP contribution is 2.26. The maximum absolute atomic E-state index is 13.4. The number of rotatable bonds is 3. The fourth-order valence-corrected chi connectivity index (χ4v) is 2.03. The summed E-state index contributed by atoms with van der Waals surface area (Å²) < 4.78 is 13.4. The summed E-state index contributed by atoms with van der Waals surface area (Å²) in [5.74, 6) is -0.384. The molecular weight excluding hydrogens is 249 g/mol. The summed E-state index contributed by atoms with van der Waals surface area (Å²) in [5.41, 5.74) is 4.28. The van der Waals surface area contributed by atoms with Gasteiger partial charge in [0.15, 0.2) is 0 Å². The van der Waals surface area contributed by atoms with Gasteiger partial charge in [-0.05, 0) is 54.4 Å². The first-order valence-corrected chi connectivity index (χ1v) is 6.19. The molecule has 0 fully saturated rings. The summed E-state index contributed by atoms with van der Waals surface area (Å²) in [4.78, 5) is 0. The summed E-state index contributed by atoms with van der Waals surface area (Å²) in [6.45, 7) is 2.87. The molecule has 3 heteroatoms. The largest absolute Gasteiger partial charge is 0.316 e. The highest BCUT2D eigenvalue weighted by molar-refractivity contribution is 6.30. The lowest BCUT2D eigenvalue weighted by molar-refractivity contribution is 0.629. The summed E-state index contributed by atoms with van der Waals surface area (Å²) in [5, 5.41) is 3.28. The van der Waals surface area contributed by atoms with E-state index in [9.17, 15) is 4.39 Å². The summed E-state index contributed by atoms with van der Waals surface area (Å²) in [6, 6.07) is 11.0. The second-order valence-corrected chi connectivity index (χ2v) is 4.71. The van der Waals surface area contributed by atoms with Gasteiger partial charge in [0.25, 0.3) is 0 Å². The van der Waals surface area contributed by atoms with Crippen molar-refractivity contribution in [2.24, 2.45) is 0 Å². The third-order valence-corrected chi connectivity index (χ3v) is 3.28. The van der Waals surface area contributed by atoms with Crippen molar-refractivity contribution in [3.05, 3.63) is 58.4 Å². The van der Waals surface area contributed by atoms with Crippen LogP contribution in [0.3, 0.4) is 0 Å². The van der Waals surface area contributed by atoms with E-state index in [0.717, 1.165) is 17.7 Å². The van der Waals surface area contributed by atoms with Gasteiger partial charge in [-0.1, -0.05) is 29.8 Å². The van der Waals surface area contributed by atoms with Gasteiger partial charge in [-0.2, -0.15) is 0 Å². The lowest BCUT2D eigenvalue weighted by Crippen LogP contribution is -2.06. The molecule has 1 nitrogen and oxygen atoms in total. The Labute approximate surface area is 112 Å². The predicted octanol–water partition coefficient (Wildman–Crippen LogP) is 4.17. The Morgan fingerprint density at radius 1 is 1.11 bits per heavy atom. The van der Waals surface area contributed by atoms with E-state index < -0.39 is 0 Å². The molecule has 0 saturated carbocycles. The van der Waals surface area contributed by atoms with Crippen molar-refractivity contribution in [1.29, 1.82) is 0 Å². The first-order valence-electron chi connectivity index (χ1n) is 5.81. The average molecular weight is 264 g/mol. The Bertz CT molecular complexity index is 566. The molecule has 0 atom stereocenters. The molecule has 2 aromatic carbocycles. The van der Waals surface area contributed by atoms with Crippen LogP contribution < -0.4 is 5.32 Å². The van der Waals surface area contributed by atoms with E-state index in [0.29, 0.717) is 0 Å². The smallest absolute Gasteiger partial charge is 0.142 e. The maximum atomic E-state index is 13.4. The van der Waals surface area contributed by atoms with Crippen LogP contribution in [0.1, 0.15) is 11.1 Å². The van der Waals surface area contributed by atoms with Gasteiger partial charge in [-0.25, -0.2) is 4.39 Å². The zero-order valence-corrected chi connectivity index (χ0v) is 11.2. The van der Waals surface area contributed by atoms with Gasteiger partial charge in [0, 0.05) is 6.54 Å². The molecule has 0 radical (unpaired) electrons. The van der Waals surface area contributed by atoms with E-state index in [-0.39, 0.29) is 10.8 Å². The van der Waals surface area contributed by atoms with Crippen LogP contribution in [0.25, 0.3) is 11.1 Å². The van der Waals surface area contributed by atoms with Gasteiger partial charge < -0.3 is 5.32 Å². The molecule has 0 bridgehead atoms. The Balaban J connectivity index is 2.44. The molecule has 2 aromatic rings. The number of hydrogen-bond acceptors (Lipinski definition) is 1. The lowest BCUT2D eigenvalue weighted by atomic mass is 9.99. The Hall–Kier alpha value is -1.38. The fraction of sp³-hybridized carbons (Fsp3) is 0.200. The van der Waals surface area contributed by atoms with Crippen LogP contribution in [0.5, 0.6) is 0 Å². The van der Waals surface area contributed by atoms with E-state index >= 15 is 0 Å². The van der Waals surface area contributed by atoms with Crippen molar-refractivity contribution in [2.45, 2.75) is 13.5 Å². The minimum absolute atomic E-state index is 0.154. The predicted molar refractivity (Wildman–Crippen MR) is 74.3 cm³/mol. The molecule has 2 rings (SSSR count). The summed E-state index contributed by atoms with van der Waals surface area (Å²) in [6.07, 6.45) is 0. The minimum Gasteiger partial charge on any atom is -0.316 e. The van der Waals surface area contributed by atoms with E-state index in [1.165, 1.54) is 17.2 Å². The van der Waals surface area contributed by atoms with Crippen LogP contribution in [0.4, 0.5) is 4.39 Å². The topological polar surface area (TPSA) is 12.0 Å². The van der Waals surface area contributed by atoms with Gasteiger partial charge in [-0.15, -0.1) is 0 Å². The van der Waals surface area contributed by atoms with E-state index in [4.69, 9.17) is 11.6 Å². The van der Waals surface area contributed by atoms with Gasteiger partial charge in [0.2, 0.25) is 0 Å². The van der Waals surface area contributed by atoms with Crippen LogP contribution in [0, 0.1) is 12.7 Å². The molecular formula is C15H15ClFN. The van der Waals surface area contributed by atoms with Gasteiger partial charge in [0.1, 0.15) is 5.82 Å². The molecule has 0 heterocycles. The fourth-order valence-electron chi connectivity index (χ4n) is 1.91. The SMILES string of the molecule is CNCc1cc(-c2ccc(Cl)c(F)c2)ccc1C. The molecule has 94 valence electrons. The van der Waals surface area contributed by atoms with Crippen molar-refractivity contribution in [3.63, 3.8) is 0 Å². The van der Waals surface area contributed by atoms with Crippen LogP contribution in [0.15, 0.2) is 36.4 Å².